The molecule has 2 rings (SSSR count). The molecular weight excluding hydrogens is 310 g/mol. The lowest BCUT2D eigenvalue weighted by molar-refractivity contribution is -0.124. The van der Waals surface area contributed by atoms with Crippen molar-refractivity contribution in [1.82, 2.24) is 15.6 Å². The molecule has 1 aliphatic heterocycles. The number of primary amides is 1. The Balaban J connectivity index is 2.03. The number of nitrogens with zero attached hydrogens (tertiary/aromatic N) is 2. The lowest BCUT2D eigenvalue weighted by Gasteiger charge is -2.29. The van der Waals surface area contributed by atoms with Gasteiger partial charge in [0, 0.05) is 31.4 Å². The fourth-order valence-electron chi connectivity index (χ4n) is 2.61. The van der Waals surface area contributed by atoms with Crippen LogP contribution in [0.25, 0.3) is 0 Å². The zero-order chi connectivity index (χ0) is 17.5. The van der Waals surface area contributed by atoms with Gasteiger partial charge in [0.1, 0.15) is 11.9 Å². The van der Waals surface area contributed by atoms with Crippen LogP contribution in [0, 0.1) is 5.92 Å². The van der Waals surface area contributed by atoms with E-state index in [4.69, 9.17) is 10.5 Å². The van der Waals surface area contributed by atoms with E-state index >= 15 is 0 Å². The van der Waals surface area contributed by atoms with Crippen molar-refractivity contribution in [3.05, 3.63) is 23.9 Å². The van der Waals surface area contributed by atoms with Gasteiger partial charge in [0.15, 0.2) is 0 Å². The van der Waals surface area contributed by atoms with Gasteiger partial charge in [-0.3, -0.25) is 4.79 Å². The second kappa shape index (κ2) is 8.49. The molecule has 4 N–H and O–H groups in total. The second-order valence-corrected chi connectivity index (χ2v) is 6.03. The van der Waals surface area contributed by atoms with Crippen molar-refractivity contribution in [1.29, 1.82) is 0 Å². The second-order valence-electron chi connectivity index (χ2n) is 6.03. The van der Waals surface area contributed by atoms with Crippen molar-refractivity contribution in [3.8, 4) is 0 Å². The third kappa shape index (κ3) is 4.82. The van der Waals surface area contributed by atoms with E-state index in [2.05, 4.69) is 20.5 Å². The molecular formula is C16H25N5O3. The number of urea groups is 1. The summed E-state index contributed by atoms with van der Waals surface area (Å²) >= 11 is 0. The van der Waals surface area contributed by atoms with Gasteiger partial charge in [-0.2, -0.15) is 0 Å². The van der Waals surface area contributed by atoms with Gasteiger partial charge in [-0.15, -0.1) is 0 Å². The van der Waals surface area contributed by atoms with Crippen LogP contribution in [0.3, 0.4) is 0 Å². The summed E-state index contributed by atoms with van der Waals surface area (Å²) in [5.74, 6) is 0.524. The molecule has 132 valence electrons. The van der Waals surface area contributed by atoms with Crippen molar-refractivity contribution >= 4 is 17.8 Å². The van der Waals surface area contributed by atoms with E-state index in [1.54, 1.807) is 6.20 Å². The molecule has 0 unspecified atom stereocenters. The molecule has 1 aromatic rings. The van der Waals surface area contributed by atoms with Crippen LogP contribution < -0.4 is 21.3 Å². The number of carbonyl (C=O) groups is 2. The molecule has 1 saturated heterocycles. The molecule has 0 radical (unpaired) electrons. The molecule has 0 spiro atoms. The van der Waals surface area contributed by atoms with Crippen molar-refractivity contribution < 1.29 is 14.3 Å². The quantitative estimate of drug-likeness (QED) is 0.689. The molecule has 0 aromatic carbocycles. The van der Waals surface area contributed by atoms with E-state index in [-0.39, 0.29) is 11.8 Å². The average Bonchev–Trinajstić information content (AvgIpc) is 2.58. The minimum atomic E-state index is -0.709. The van der Waals surface area contributed by atoms with Crippen LogP contribution in [-0.4, -0.2) is 49.3 Å². The summed E-state index contributed by atoms with van der Waals surface area (Å²) in [4.78, 5) is 30.0. The lowest BCUT2D eigenvalue weighted by atomic mass is 10.0. The normalized spacial score (nSPS) is 15.9. The molecule has 2 heterocycles. The molecule has 3 amide bonds. The van der Waals surface area contributed by atoms with Gasteiger partial charge in [-0.25, -0.2) is 9.78 Å². The zero-order valence-electron chi connectivity index (χ0n) is 14.1. The highest BCUT2D eigenvalue weighted by Gasteiger charge is 2.23. The number of carbonyl (C=O) groups excluding carboxylic acids is 2. The van der Waals surface area contributed by atoms with Gasteiger partial charge >= 0.3 is 6.03 Å². The van der Waals surface area contributed by atoms with E-state index < -0.39 is 12.1 Å². The van der Waals surface area contributed by atoms with Gasteiger partial charge in [0.05, 0.1) is 13.2 Å². The SMILES string of the molecule is CC(C)[C@H](NC(N)=O)C(=O)NCc1cccnc1N1CCOCC1. The minimum Gasteiger partial charge on any atom is -0.378 e. The summed E-state index contributed by atoms with van der Waals surface area (Å²) < 4.78 is 5.36. The predicted octanol–water partition coefficient (Wildman–Crippen LogP) is 0.227. The summed E-state index contributed by atoms with van der Waals surface area (Å²) in [7, 11) is 0. The molecule has 24 heavy (non-hydrogen) atoms. The van der Waals surface area contributed by atoms with Crippen molar-refractivity contribution in [2.24, 2.45) is 11.7 Å². The van der Waals surface area contributed by atoms with Gasteiger partial charge in [-0.05, 0) is 12.0 Å². The monoisotopic (exact) mass is 335 g/mol. The third-order valence-electron chi connectivity index (χ3n) is 3.88. The number of nitrogens with one attached hydrogen (secondary N) is 2. The number of morpholine rings is 1. The van der Waals surface area contributed by atoms with Gasteiger partial charge < -0.3 is 26.0 Å². The third-order valence-corrected chi connectivity index (χ3v) is 3.88. The number of pyridine rings is 1. The lowest BCUT2D eigenvalue weighted by Crippen LogP contribution is -2.51. The van der Waals surface area contributed by atoms with E-state index in [1.807, 2.05) is 26.0 Å². The van der Waals surface area contributed by atoms with Crippen molar-refractivity contribution in [2.45, 2.75) is 26.4 Å². The first-order valence-electron chi connectivity index (χ1n) is 8.09. The fraction of sp³-hybridized carbons (Fsp3) is 0.562. The Morgan fingerprint density at radius 2 is 2.08 bits per heavy atom. The number of anilines is 1. The minimum absolute atomic E-state index is 0.0647. The molecule has 8 nitrogen and oxygen atoms in total. The molecule has 1 aromatic heterocycles. The number of rotatable bonds is 6. The topological polar surface area (TPSA) is 110 Å². The first-order chi connectivity index (χ1) is 11.5. The van der Waals surface area contributed by atoms with Crippen molar-refractivity contribution in [3.63, 3.8) is 0 Å². The first kappa shape index (κ1) is 18.0. The van der Waals surface area contributed by atoms with E-state index in [1.165, 1.54) is 0 Å². The Morgan fingerprint density at radius 3 is 2.71 bits per heavy atom. The summed E-state index contributed by atoms with van der Waals surface area (Å²) in [6.07, 6.45) is 1.74. The summed E-state index contributed by atoms with van der Waals surface area (Å²) in [5, 5.41) is 5.34. The number of hydrogen-bond acceptors (Lipinski definition) is 5. The maximum Gasteiger partial charge on any atom is 0.312 e. The molecule has 1 fully saturated rings. The summed E-state index contributed by atoms with van der Waals surface area (Å²) in [6, 6.07) is 2.40. The number of aromatic nitrogens is 1. The van der Waals surface area contributed by atoms with Crippen LogP contribution in [0.1, 0.15) is 19.4 Å². The zero-order valence-corrected chi connectivity index (χ0v) is 14.1. The maximum absolute atomic E-state index is 12.3. The Bertz CT molecular complexity index is 573. The molecule has 1 aliphatic rings. The van der Waals surface area contributed by atoms with Crippen LogP contribution in [0.15, 0.2) is 18.3 Å². The Kier molecular flexibility index (Phi) is 6.36. The standard InChI is InChI=1S/C16H25N5O3/c1-11(2)13(20-16(17)23)15(22)19-10-12-4-3-5-18-14(12)21-6-8-24-9-7-21/h3-5,11,13H,6-10H2,1-2H3,(H,19,22)(H3,17,20,23)/t13-/m0/s1. The number of ether oxygens (including phenoxy) is 1. The highest BCUT2D eigenvalue weighted by Crippen LogP contribution is 2.18. The smallest absolute Gasteiger partial charge is 0.312 e. The number of amides is 3. The van der Waals surface area contributed by atoms with E-state index in [9.17, 15) is 9.59 Å². The van der Waals surface area contributed by atoms with E-state index in [0.717, 1.165) is 24.5 Å². The highest BCUT2D eigenvalue weighted by atomic mass is 16.5. The van der Waals surface area contributed by atoms with Crippen LogP contribution in [0.2, 0.25) is 0 Å². The van der Waals surface area contributed by atoms with Gasteiger partial charge in [0.25, 0.3) is 0 Å². The predicted molar refractivity (Wildman–Crippen MR) is 90.5 cm³/mol. The molecule has 1 atom stereocenters. The van der Waals surface area contributed by atoms with Crippen LogP contribution in [-0.2, 0) is 16.1 Å². The number of nitrogens with two attached hydrogens (primary N) is 1. The Labute approximate surface area is 141 Å². The van der Waals surface area contributed by atoms with Crippen molar-refractivity contribution in [2.75, 3.05) is 31.2 Å². The van der Waals surface area contributed by atoms with Gasteiger partial charge in [-0.1, -0.05) is 19.9 Å². The Hall–Kier alpha value is -2.35. The van der Waals surface area contributed by atoms with Crippen LogP contribution >= 0.6 is 0 Å². The fourth-order valence-corrected chi connectivity index (χ4v) is 2.61. The van der Waals surface area contributed by atoms with E-state index in [0.29, 0.717) is 19.8 Å². The molecule has 0 bridgehead atoms. The summed E-state index contributed by atoms with van der Waals surface area (Å²) in [5.41, 5.74) is 6.06. The Morgan fingerprint density at radius 1 is 1.38 bits per heavy atom. The van der Waals surface area contributed by atoms with Gasteiger partial charge in [0.2, 0.25) is 5.91 Å². The van der Waals surface area contributed by atoms with Crippen LogP contribution in [0.5, 0.6) is 0 Å². The molecule has 8 heteroatoms. The average molecular weight is 335 g/mol. The number of hydrogen-bond donors (Lipinski definition) is 3. The largest absolute Gasteiger partial charge is 0.378 e. The molecule has 0 saturated carbocycles. The van der Waals surface area contributed by atoms with Crippen LogP contribution in [0.4, 0.5) is 10.6 Å². The first-order valence-corrected chi connectivity index (χ1v) is 8.09. The maximum atomic E-state index is 12.3. The summed E-state index contributed by atoms with van der Waals surface area (Å²) in [6.45, 7) is 6.92. The highest BCUT2D eigenvalue weighted by molar-refractivity contribution is 5.86. The molecule has 0 aliphatic carbocycles.